The maximum Gasteiger partial charge on any atom is 0.405 e. The summed E-state index contributed by atoms with van der Waals surface area (Å²) in [6.07, 6.45) is -1.25. The molecular formula is C7H15N3O3. The van der Waals surface area contributed by atoms with Crippen molar-refractivity contribution in [3.8, 4) is 0 Å². The molecule has 6 nitrogen and oxygen atoms in total. The summed E-state index contributed by atoms with van der Waals surface area (Å²) in [6, 6.07) is -0.852. The number of nitrogens with one attached hydrogen (secondary N) is 2. The molecule has 0 bridgehead atoms. The number of amides is 2. The summed E-state index contributed by atoms with van der Waals surface area (Å²) >= 11 is 0. The summed E-state index contributed by atoms with van der Waals surface area (Å²) in [4.78, 5) is 21.5. The van der Waals surface area contributed by atoms with Crippen molar-refractivity contribution in [3.63, 3.8) is 0 Å². The van der Waals surface area contributed by atoms with Crippen LogP contribution in [-0.2, 0) is 4.79 Å². The van der Waals surface area contributed by atoms with E-state index in [9.17, 15) is 9.59 Å². The highest BCUT2D eigenvalue weighted by atomic mass is 16.4. The predicted octanol–water partition coefficient (Wildman–Crippen LogP) is -0.341. The minimum atomic E-state index is -1.25. The highest BCUT2D eigenvalue weighted by molar-refractivity contribution is 5.85. The Morgan fingerprint density at radius 1 is 1.38 bits per heavy atom. The average molecular weight is 189 g/mol. The fourth-order valence-electron chi connectivity index (χ4n) is 0.882. The molecule has 13 heavy (non-hydrogen) atoms. The van der Waals surface area contributed by atoms with Crippen molar-refractivity contribution >= 4 is 12.0 Å². The van der Waals surface area contributed by atoms with E-state index in [2.05, 4.69) is 5.32 Å². The molecule has 1 atom stereocenters. The Morgan fingerprint density at radius 3 is 2.08 bits per heavy atom. The van der Waals surface area contributed by atoms with Crippen molar-refractivity contribution in [3.05, 3.63) is 0 Å². The lowest BCUT2D eigenvalue weighted by Gasteiger charge is -2.28. The molecule has 0 unspecified atom stereocenters. The molecule has 0 aliphatic rings. The van der Waals surface area contributed by atoms with Gasteiger partial charge in [-0.3, -0.25) is 10.2 Å². The lowest BCUT2D eigenvalue weighted by Crippen LogP contribution is -2.54. The van der Waals surface area contributed by atoms with Gasteiger partial charge in [-0.25, -0.2) is 10.6 Å². The molecule has 0 aromatic rings. The van der Waals surface area contributed by atoms with E-state index in [1.54, 1.807) is 20.8 Å². The molecule has 5 N–H and O–H groups in total. The molecule has 0 aromatic heterocycles. The summed E-state index contributed by atoms with van der Waals surface area (Å²) in [5.41, 5.74) is 1.40. The van der Waals surface area contributed by atoms with Crippen LogP contribution in [0.2, 0.25) is 0 Å². The van der Waals surface area contributed by atoms with Crippen LogP contribution in [0.1, 0.15) is 20.8 Å². The molecule has 0 radical (unpaired) electrons. The first kappa shape index (κ1) is 11.7. The van der Waals surface area contributed by atoms with Gasteiger partial charge in [-0.15, -0.1) is 0 Å². The Morgan fingerprint density at radius 2 is 1.85 bits per heavy atom. The summed E-state index contributed by atoms with van der Waals surface area (Å²) in [5.74, 6) is 4.37. The molecular weight excluding hydrogens is 174 g/mol. The molecule has 0 aromatic carbocycles. The second-order valence-corrected chi connectivity index (χ2v) is 3.76. The standard InChI is InChI=1S/C7H15N3O3/c1-7(2,3)4(5(11)10-8)9-6(12)13/h4,9H,8H2,1-3H3,(H,10,11)(H,12,13)/t4-/m1/s1. The van der Waals surface area contributed by atoms with Crippen molar-refractivity contribution in [2.45, 2.75) is 26.8 Å². The van der Waals surface area contributed by atoms with E-state index >= 15 is 0 Å². The minimum absolute atomic E-state index is 0.512. The summed E-state index contributed by atoms with van der Waals surface area (Å²) in [7, 11) is 0. The average Bonchev–Trinajstić information content (AvgIpc) is 1.96. The van der Waals surface area contributed by atoms with Crippen molar-refractivity contribution in [2.24, 2.45) is 11.3 Å². The third-order valence-corrected chi connectivity index (χ3v) is 1.54. The number of hydrazine groups is 1. The predicted molar refractivity (Wildman–Crippen MR) is 46.7 cm³/mol. The molecule has 76 valence electrons. The molecule has 2 amide bonds. The molecule has 0 aliphatic carbocycles. The van der Waals surface area contributed by atoms with Gasteiger partial charge in [-0.2, -0.15) is 0 Å². The molecule has 6 heteroatoms. The van der Waals surface area contributed by atoms with Crippen LogP contribution in [0.4, 0.5) is 4.79 Å². The molecule has 0 saturated carbocycles. The number of carbonyl (C=O) groups is 2. The van der Waals surface area contributed by atoms with Crippen LogP contribution in [-0.4, -0.2) is 23.1 Å². The first-order valence-corrected chi connectivity index (χ1v) is 3.79. The SMILES string of the molecule is CC(C)(C)[C@H](NC(=O)O)C(=O)NN. The van der Waals surface area contributed by atoms with E-state index in [4.69, 9.17) is 10.9 Å². The molecule has 0 fully saturated rings. The minimum Gasteiger partial charge on any atom is -0.465 e. The zero-order valence-corrected chi connectivity index (χ0v) is 7.92. The van der Waals surface area contributed by atoms with Crippen molar-refractivity contribution in [1.29, 1.82) is 0 Å². The smallest absolute Gasteiger partial charge is 0.405 e. The lowest BCUT2D eigenvalue weighted by atomic mass is 9.86. The molecule has 0 saturated heterocycles. The third-order valence-electron chi connectivity index (χ3n) is 1.54. The highest BCUT2D eigenvalue weighted by Crippen LogP contribution is 2.18. The highest BCUT2D eigenvalue weighted by Gasteiger charge is 2.32. The normalized spacial score (nSPS) is 13.2. The first-order chi connectivity index (χ1) is 5.79. The largest absolute Gasteiger partial charge is 0.465 e. The second kappa shape index (κ2) is 4.08. The zero-order valence-electron chi connectivity index (χ0n) is 7.92. The van der Waals surface area contributed by atoms with Gasteiger partial charge in [0.2, 0.25) is 0 Å². The van der Waals surface area contributed by atoms with Gasteiger partial charge in [-0.05, 0) is 5.41 Å². The number of carbonyl (C=O) groups excluding carboxylic acids is 1. The van der Waals surface area contributed by atoms with Crippen LogP contribution in [0.3, 0.4) is 0 Å². The van der Waals surface area contributed by atoms with Crippen LogP contribution in [0.15, 0.2) is 0 Å². The van der Waals surface area contributed by atoms with Crippen LogP contribution >= 0.6 is 0 Å². The third kappa shape index (κ3) is 3.75. The van der Waals surface area contributed by atoms with E-state index < -0.39 is 23.5 Å². The van der Waals surface area contributed by atoms with E-state index in [1.807, 2.05) is 5.43 Å². The van der Waals surface area contributed by atoms with Crippen molar-refractivity contribution in [2.75, 3.05) is 0 Å². The van der Waals surface area contributed by atoms with E-state index in [1.165, 1.54) is 0 Å². The maximum atomic E-state index is 11.1. The van der Waals surface area contributed by atoms with Gasteiger partial charge < -0.3 is 10.4 Å². The lowest BCUT2D eigenvalue weighted by molar-refractivity contribution is -0.125. The van der Waals surface area contributed by atoms with E-state index in [0.717, 1.165) is 0 Å². The Balaban J connectivity index is 4.56. The van der Waals surface area contributed by atoms with Gasteiger partial charge in [-0.1, -0.05) is 20.8 Å². The van der Waals surface area contributed by atoms with Crippen LogP contribution in [0, 0.1) is 5.41 Å². The number of hydrogen-bond acceptors (Lipinski definition) is 3. The van der Waals surface area contributed by atoms with Gasteiger partial charge in [0, 0.05) is 0 Å². The quantitative estimate of drug-likeness (QED) is 0.271. The summed E-state index contributed by atoms with van der Waals surface area (Å²) in [6.45, 7) is 5.22. The van der Waals surface area contributed by atoms with Crippen molar-refractivity contribution in [1.82, 2.24) is 10.7 Å². The first-order valence-electron chi connectivity index (χ1n) is 3.79. The van der Waals surface area contributed by atoms with Gasteiger partial charge in [0.1, 0.15) is 6.04 Å². The molecule has 0 aliphatic heterocycles. The number of rotatable bonds is 2. The molecule has 0 rings (SSSR count). The van der Waals surface area contributed by atoms with E-state index in [0.29, 0.717) is 0 Å². The van der Waals surface area contributed by atoms with E-state index in [-0.39, 0.29) is 0 Å². The van der Waals surface area contributed by atoms with Crippen LogP contribution in [0.25, 0.3) is 0 Å². The van der Waals surface area contributed by atoms with Gasteiger partial charge >= 0.3 is 6.09 Å². The van der Waals surface area contributed by atoms with Gasteiger partial charge in [0.25, 0.3) is 5.91 Å². The molecule has 0 spiro atoms. The maximum absolute atomic E-state index is 11.1. The van der Waals surface area contributed by atoms with Crippen molar-refractivity contribution < 1.29 is 14.7 Å². The summed E-state index contributed by atoms with van der Waals surface area (Å²) in [5, 5.41) is 10.6. The second-order valence-electron chi connectivity index (χ2n) is 3.76. The zero-order chi connectivity index (χ0) is 10.6. The number of hydrogen-bond donors (Lipinski definition) is 4. The van der Waals surface area contributed by atoms with Gasteiger partial charge in [0.15, 0.2) is 0 Å². The topological polar surface area (TPSA) is 104 Å². The Bertz CT molecular complexity index is 210. The van der Waals surface area contributed by atoms with Gasteiger partial charge in [0.05, 0.1) is 0 Å². The Labute approximate surface area is 76.5 Å². The Hall–Kier alpha value is -1.30. The van der Waals surface area contributed by atoms with Crippen LogP contribution in [0.5, 0.6) is 0 Å². The number of nitrogens with two attached hydrogens (primary N) is 1. The monoisotopic (exact) mass is 189 g/mol. The van der Waals surface area contributed by atoms with Crippen LogP contribution < -0.4 is 16.6 Å². The fraction of sp³-hybridized carbons (Fsp3) is 0.714. The summed E-state index contributed by atoms with van der Waals surface area (Å²) < 4.78 is 0. The molecule has 0 heterocycles. The Kier molecular flexibility index (Phi) is 3.68. The fourth-order valence-corrected chi connectivity index (χ4v) is 0.882. The number of carboxylic acid groups (broad SMARTS) is 1.